The molecule has 2 amide bonds. The van der Waals surface area contributed by atoms with Crippen molar-refractivity contribution in [1.82, 2.24) is 14.7 Å². The van der Waals surface area contributed by atoms with Crippen molar-refractivity contribution in [1.29, 1.82) is 0 Å². The minimum atomic E-state index is -2.23. The van der Waals surface area contributed by atoms with Gasteiger partial charge in [-0.2, -0.15) is 0 Å². The molecular formula is C37H57N3O6Si. The highest BCUT2D eigenvalue weighted by molar-refractivity contribution is 6.77. The van der Waals surface area contributed by atoms with E-state index in [0.717, 1.165) is 11.1 Å². The maximum atomic E-state index is 14.2. The largest absolute Gasteiger partial charge is 0.449 e. The summed E-state index contributed by atoms with van der Waals surface area (Å²) in [4.78, 5) is 33.6. The van der Waals surface area contributed by atoms with Gasteiger partial charge >= 0.3 is 12.2 Å². The number of carbonyl (C=O) groups excluding carboxylic acids is 2. The summed E-state index contributed by atoms with van der Waals surface area (Å²) in [5, 5.41) is 0. The summed E-state index contributed by atoms with van der Waals surface area (Å²) in [5.41, 5.74) is -0.725. The first-order valence-electron chi connectivity index (χ1n) is 16.8. The Kier molecular flexibility index (Phi) is 10.9. The summed E-state index contributed by atoms with van der Waals surface area (Å²) in [6.07, 6.45) is -0.316. The van der Waals surface area contributed by atoms with Crippen LogP contribution in [0.4, 0.5) is 9.59 Å². The molecule has 0 aromatic heterocycles. The van der Waals surface area contributed by atoms with E-state index in [9.17, 15) is 9.59 Å². The molecule has 0 aliphatic carbocycles. The zero-order valence-electron chi connectivity index (χ0n) is 30.5. The Morgan fingerprint density at radius 3 is 1.55 bits per heavy atom. The van der Waals surface area contributed by atoms with E-state index in [1.54, 1.807) is 9.80 Å². The molecule has 0 bridgehead atoms. The number of hydrogen-bond acceptors (Lipinski definition) is 7. The molecule has 2 fully saturated rings. The molecular weight excluding hydrogens is 611 g/mol. The van der Waals surface area contributed by atoms with Gasteiger partial charge in [0.1, 0.15) is 17.2 Å². The number of rotatable bonds is 11. The van der Waals surface area contributed by atoms with E-state index in [1.807, 2.05) is 91.8 Å². The number of ether oxygens (including phenoxy) is 4. The van der Waals surface area contributed by atoms with Gasteiger partial charge in [-0.25, -0.2) is 9.59 Å². The minimum absolute atomic E-state index is 0.161. The van der Waals surface area contributed by atoms with E-state index >= 15 is 0 Å². The van der Waals surface area contributed by atoms with Crippen LogP contribution in [0.25, 0.3) is 0 Å². The number of amides is 2. The van der Waals surface area contributed by atoms with Crippen molar-refractivity contribution in [2.75, 3.05) is 19.8 Å². The van der Waals surface area contributed by atoms with E-state index in [-0.39, 0.29) is 18.7 Å². The first kappa shape index (κ1) is 36.9. The van der Waals surface area contributed by atoms with Gasteiger partial charge in [0.05, 0.1) is 39.0 Å². The van der Waals surface area contributed by atoms with E-state index < -0.39 is 42.4 Å². The first-order chi connectivity index (χ1) is 21.7. The molecule has 0 N–H and O–H groups in total. The zero-order valence-corrected chi connectivity index (χ0v) is 31.5. The lowest BCUT2D eigenvalue weighted by Gasteiger charge is -2.44. The Morgan fingerprint density at radius 1 is 0.745 bits per heavy atom. The fourth-order valence-electron chi connectivity index (χ4n) is 7.13. The van der Waals surface area contributed by atoms with Crippen LogP contribution in [0, 0.1) is 0 Å². The summed E-state index contributed by atoms with van der Waals surface area (Å²) < 4.78 is 24.7. The van der Waals surface area contributed by atoms with Crippen molar-refractivity contribution in [2.45, 2.75) is 129 Å². The maximum Gasteiger partial charge on any atom is 0.412 e. The summed E-state index contributed by atoms with van der Waals surface area (Å²) >= 11 is 0. The predicted octanol–water partition coefficient (Wildman–Crippen LogP) is 7.66. The SMILES string of the molecule is CC1(C)COC(C)(C)N1C(=O)OCC[C@@H]([C@@H](OC(=O)N1C(C)(C)COC1(C)C)[Si](C)(C)C)N(Cc1ccccc1)Cc1ccccc1. The highest BCUT2D eigenvalue weighted by Crippen LogP contribution is 2.37. The summed E-state index contributed by atoms with van der Waals surface area (Å²) in [6.45, 7) is 24.6. The first-order valence-corrected chi connectivity index (χ1v) is 20.4. The molecule has 2 aromatic carbocycles. The van der Waals surface area contributed by atoms with Crippen LogP contribution in [-0.2, 0) is 32.0 Å². The van der Waals surface area contributed by atoms with Gasteiger partial charge in [0.2, 0.25) is 0 Å². The Labute approximate surface area is 283 Å². The highest BCUT2D eigenvalue weighted by atomic mass is 28.3. The molecule has 2 aliphatic heterocycles. The van der Waals surface area contributed by atoms with Crippen LogP contribution in [0.15, 0.2) is 60.7 Å². The molecule has 260 valence electrons. The predicted molar refractivity (Wildman–Crippen MR) is 187 cm³/mol. The average molecular weight is 668 g/mol. The summed E-state index contributed by atoms with van der Waals surface area (Å²) in [7, 11) is -2.23. The van der Waals surface area contributed by atoms with Crippen molar-refractivity contribution in [2.24, 2.45) is 0 Å². The Balaban J connectivity index is 1.70. The standard InChI is InChI=1S/C37H57N3O6Si/c1-34(2)26-44-36(5,6)39(34)32(41)43-23-22-30(38(24-28-18-14-12-15-19-28)25-29-20-16-13-17-21-29)31(47(9,10)11)46-33(42)40-35(3,4)27-45-37(40,7)8/h12-21,30-31H,22-27H2,1-11H3/t30-,31-/m0/s1. The molecule has 0 saturated carbocycles. The second kappa shape index (κ2) is 13.9. The number of nitrogens with zero attached hydrogens (tertiary/aromatic N) is 3. The van der Waals surface area contributed by atoms with Gasteiger partial charge in [0.15, 0.2) is 0 Å². The van der Waals surface area contributed by atoms with Crippen LogP contribution >= 0.6 is 0 Å². The second-order valence-corrected chi connectivity index (χ2v) is 21.6. The second-order valence-electron chi connectivity index (χ2n) is 16.3. The van der Waals surface area contributed by atoms with E-state index in [2.05, 4.69) is 48.8 Å². The smallest absolute Gasteiger partial charge is 0.412 e. The molecule has 47 heavy (non-hydrogen) atoms. The fraction of sp³-hybridized carbons (Fsp3) is 0.622. The van der Waals surface area contributed by atoms with Crippen LogP contribution in [0.1, 0.15) is 72.9 Å². The van der Waals surface area contributed by atoms with Crippen LogP contribution in [0.5, 0.6) is 0 Å². The Hall–Kier alpha value is -2.92. The van der Waals surface area contributed by atoms with Crippen LogP contribution in [0.3, 0.4) is 0 Å². The van der Waals surface area contributed by atoms with Crippen molar-refractivity contribution >= 4 is 20.3 Å². The van der Waals surface area contributed by atoms with Gasteiger partial charge < -0.3 is 18.9 Å². The van der Waals surface area contributed by atoms with Gasteiger partial charge in [0, 0.05) is 25.6 Å². The quantitative estimate of drug-likeness (QED) is 0.228. The molecule has 0 unspecified atom stereocenters. The van der Waals surface area contributed by atoms with Gasteiger partial charge in [-0.1, -0.05) is 80.3 Å². The lowest BCUT2D eigenvalue weighted by molar-refractivity contribution is -0.0633. The highest BCUT2D eigenvalue weighted by Gasteiger charge is 2.52. The van der Waals surface area contributed by atoms with Crippen LogP contribution in [-0.4, -0.2) is 89.1 Å². The minimum Gasteiger partial charge on any atom is -0.449 e. The summed E-state index contributed by atoms with van der Waals surface area (Å²) in [5.74, 6) is 0. The number of benzene rings is 2. The normalized spacial score (nSPS) is 21.0. The average Bonchev–Trinajstić information content (AvgIpc) is 3.34. The lowest BCUT2D eigenvalue weighted by Crippen LogP contribution is -2.60. The molecule has 2 aromatic rings. The van der Waals surface area contributed by atoms with Crippen molar-refractivity contribution < 1.29 is 28.5 Å². The van der Waals surface area contributed by atoms with Crippen molar-refractivity contribution in [3.05, 3.63) is 71.8 Å². The van der Waals surface area contributed by atoms with Crippen LogP contribution in [0.2, 0.25) is 19.6 Å². The molecule has 0 radical (unpaired) electrons. The monoisotopic (exact) mass is 667 g/mol. The number of carbonyl (C=O) groups is 2. The molecule has 2 aliphatic rings. The van der Waals surface area contributed by atoms with Gasteiger partial charge in [-0.3, -0.25) is 14.7 Å². The van der Waals surface area contributed by atoms with Gasteiger partial charge in [-0.05, 0) is 66.5 Å². The third kappa shape index (κ3) is 8.76. The molecule has 2 heterocycles. The van der Waals surface area contributed by atoms with Crippen molar-refractivity contribution in [3.8, 4) is 0 Å². The molecule has 2 saturated heterocycles. The van der Waals surface area contributed by atoms with Gasteiger partial charge in [0.25, 0.3) is 0 Å². The topological polar surface area (TPSA) is 80.8 Å². The Morgan fingerprint density at radius 2 is 1.17 bits per heavy atom. The fourth-order valence-corrected chi connectivity index (χ4v) is 9.12. The lowest BCUT2D eigenvalue weighted by atomic mass is 10.0. The molecule has 10 heteroatoms. The third-order valence-corrected chi connectivity index (χ3v) is 11.4. The van der Waals surface area contributed by atoms with Crippen LogP contribution < -0.4 is 0 Å². The molecule has 4 rings (SSSR count). The zero-order chi connectivity index (χ0) is 34.8. The number of hydrogen-bond donors (Lipinski definition) is 0. The molecule has 9 nitrogen and oxygen atoms in total. The molecule has 2 atom stereocenters. The van der Waals surface area contributed by atoms with Crippen molar-refractivity contribution in [3.63, 3.8) is 0 Å². The maximum absolute atomic E-state index is 14.2. The summed E-state index contributed by atoms with van der Waals surface area (Å²) in [6, 6.07) is 20.4. The van der Waals surface area contributed by atoms with E-state index in [1.165, 1.54) is 0 Å². The van der Waals surface area contributed by atoms with E-state index in [4.69, 9.17) is 18.9 Å². The van der Waals surface area contributed by atoms with E-state index in [0.29, 0.717) is 32.7 Å². The molecule has 0 spiro atoms. The van der Waals surface area contributed by atoms with Gasteiger partial charge in [-0.15, -0.1) is 0 Å². The third-order valence-electron chi connectivity index (χ3n) is 9.21. The Bertz CT molecular complexity index is 1290.